The van der Waals surface area contributed by atoms with Crippen molar-refractivity contribution < 1.29 is 14.6 Å². The van der Waals surface area contributed by atoms with E-state index >= 15 is 0 Å². The number of carbonyl (C=O) groups is 1. The molecular weight excluding hydrogens is 252 g/mol. The van der Waals surface area contributed by atoms with E-state index in [9.17, 15) is 9.90 Å². The molecule has 0 aromatic heterocycles. The van der Waals surface area contributed by atoms with Crippen LogP contribution in [0.1, 0.15) is 55.5 Å². The predicted molar refractivity (Wildman–Crippen MR) is 81.6 cm³/mol. The molecule has 1 N–H and O–H groups in total. The Balaban J connectivity index is 2.80. The van der Waals surface area contributed by atoms with Crippen LogP contribution < -0.4 is 4.74 Å². The molecule has 110 valence electrons. The minimum atomic E-state index is -0.151. The van der Waals surface area contributed by atoms with Crippen molar-refractivity contribution in [2.75, 3.05) is 6.61 Å². The molecular formula is C17H24O3. The van der Waals surface area contributed by atoms with Crippen LogP contribution >= 0.6 is 0 Å². The molecule has 1 aromatic rings. The van der Waals surface area contributed by atoms with Crippen molar-refractivity contribution in [1.82, 2.24) is 0 Å². The second-order valence-corrected chi connectivity index (χ2v) is 4.94. The van der Waals surface area contributed by atoms with Gasteiger partial charge in [0, 0.05) is 6.07 Å². The van der Waals surface area contributed by atoms with Crippen LogP contribution in [0.4, 0.5) is 0 Å². The van der Waals surface area contributed by atoms with Gasteiger partial charge in [-0.15, -0.1) is 6.58 Å². The number of hydrogen-bond acceptors (Lipinski definition) is 3. The highest BCUT2D eigenvalue weighted by molar-refractivity contribution is 5.97. The van der Waals surface area contributed by atoms with E-state index in [2.05, 4.69) is 13.5 Å². The molecule has 0 aliphatic carbocycles. The molecule has 0 fully saturated rings. The summed E-state index contributed by atoms with van der Waals surface area (Å²) in [6.45, 7) is 7.95. The minimum Gasteiger partial charge on any atom is -0.507 e. The molecule has 3 nitrogen and oxygen atoms in total. The third-order valence-electron chi connectivity index (χ3n) is 3.18. The zero-order valence-electron chi connectivity index (χ0n) is 12.4. The van der Waals surface area contributed by atoms with E-state index in [0.29, 0.717) is 24.3 Å². The number of rotatable bonds is 9. The first kappa shape index (κ1) is 16.3. The summed E-state index contributed by atoms with van der Waals surface area (Å²) >= 11 is 0. The molecule has 0 saturated carbocycles. The smallest absolute Gasteiger partial charge is 0.163 e. The normalized spacial score (nSPS) is 10.3. The number of Topliss-reactive ketones (excluding diaryl/α,β-unsaturated/α-hetero) is 1. The fourth-order valence-corrected chi connectivity index (χ4v) is 2.06. The van der Waals surface area contributed by atoms with Crippen molar-refractivity contribution in [2.24, 2.45) is 0 Å². The number of unbranched alkanes of at least 4 members (excludes halogenated alkanes) is 3. The summed E-state index contributed by atoms with van der Waals surface area (Å²) in [5.74, 6) is 0.472. The summed E-state index contributed by atoms with van der Waals surface area (Å²) in [6.07, 6.45) is 6.92. The van der Waals surface area contributed by atoms with Gasteiger partial charge in [0.2, 0.25) is 0 Å². The van der Waals surface area contributed by atoms with E-state index in [4.69, 9.17) is 4.74 Å². The molecule has 1 rings (SSSR count). The number of aromatic hydroxyl groups is 1. The van der Waals surface area contributed by atoms with Gasteiger partial charge in [-0.2, -0.15) is 0 Å². The molecule has 0 spiro atoms. The van der Waals surface area contributed by atoms with Gasteiger partial charge in [-0.05, 0) is 31.4 Å². The van der Waals surface area contributed by atoms with Crippen molar-refractivity contribution in [3.8, 4) is 11.5 Å². The first-order chi connectivity index (χ1) is 9.60. The van der Waals surface area contributed by atoms with Crippen molar-refractivity contribution in [1.29, 1.82) is 0 Å². The summed E-state index contributed by atoms with van der Waals surface area (Å²) in [5.41, 5.74) is 1.22. The number of allylic oxidation sites excluding steroid dienone is 1. The molecule has 1 aromatic carbocycles. The molecule has 0 saturated heterocycles. The summed E-state index contributed by atoms with van der Waals surface area (Å²) < 4.78 is 5.73. The number of carbonyl (C=O) groups excluding carboxylic acids is 1. The quantitative estimate of drug-likeness (QED) is 0.416. The van der Waals surface area contributed by atoms with E-state index < -0.39 is 0 Å². The first-order valence-electron chi connectivity index (χ1n) is 7.20. The van der Waals surface area contributed by atoms with Crippen LogP contribution in [0.2, 0.25) is 0 Å². The SMILES string of the molecule is C=CCc1cc(C(C)=O)c(O)cc1OCCCCCC. The summed E-state index contributed by atoms with van der Waals surface area (Å²) in [4.78, 5) is 11.4. The molecule has 0 bridgehead atoms. The van der Waals surface area contributed by atoms with Gasteiger partial charge in [0.25, 0.3) is 0 Å². The Kier molecular flexibility index (Phi) is 6.85. The van der Waals surface area contributed by atoms with Crippen LogP contribution in [-0.4, -0.2) is 17.5 Å². The number of phenols is 1. The number of hydrogen-bond donors (Lipinski definition) is 1. The number of ether oxygens (including phenoxy) is 1. The van der Waals surface area contributed by atoms with Gasteiger partial charge >= 0.3 is 0 Å². The highest BCUT2D eigenvalue weighted by Gasteiger charge is 2.12. The van der Waals surface area contributed by atoms with Crippen LogP contribution in [0, 0.1) is 0 Å². The Morgan fingerprint density at radius 3 is 2.70 bits per heavy atom. The zero-order chi connectivity index (χ0) is 15.0. The maximum absolute atomic E-state index is 11.4. The topological polar surface area (TPSA) is 46.5 Å². The number of phenolic OH excluding ortho intramolecular Hbond substituents is 1. The zero-order valence-corrected chi connectivity index (χ0v) is 12.4. The average molecular weight is 276 g/mol. The lowest BCUT2D eigenvalue weighted by atomic mass is 10.0. The van der Waals surface area contributed by atoms with Gasteiger partial charge in [0.05, 0.1) is 12.2 Å². The van der Waals surface area contributed by atoms with Crippen molar-refractivity contribution >= 4 is 5.78 Å². The second kappa shape index (κ2) is 8.41. The third-order valence-corrected chi connectivity index (χ3v) is 3.18. The minimum absolute atomic E-state index is 0.0196. The lowest BCUT2D eigenvalue weighted by Crippen LogP contribution is -2.02. The van der Waals surface area contributed by atoms with Gasteiger partial charge in [0.1, 0.15) is 11.5 Å². The molecule has 3 heteroatoms. The molecule has 0 heterocycles. The monoisotopic (exact) mass is 276 g/mol. The molecule has 0 aliphatic heterocycles. The lowest BCUT2D eigenvalue weighted by molar-refractivity contribution is 0.101. The third kappa shape index (κ3) is 4.72. The van der Waals surface area contributed by atoms with Crippen LogP contribution in [0.15, 0.2) is 24.8 Å². The molecule has 0 atom stereocenters. The van der Waals surface area contributed by atoms with Gasteiger partial charge < -0.3 is 9.84 Å². The van der Waals surface area contributed by atoms with Gasteiger partial charge in [0.15, 0.2) is 5.78 Å². The van der Waals surface area contributed by atoms with E-state index in [1.54, 1.807) is 12.1 Å². The van der Waals surface area contributed by atoms with E-state index in [0.717, 1.165) is 18.4 Å². The van der Waals surface area contributed by atoms with Gasteiger partial charge in [-0.1, -0.05) is 32.3 Å². The molecule has 0 amide bonds. The highest BCUT2D eigenvalue weighted by Crippen LogP contribution is 2.29. The lowest BCUT2D eigenvalue weighted by Gasteiger charge is -2.13. The second-order valence-electron chi connectivity index (χ2n) is 4.94. The molecule has 0 unspecified atom stereocenters. The fraction of sp³-hybridized carbons (Fsp3) is 0.471. The van der Waals surface area contributed by atoms with Crippen LogP contribution in [0.3, 0.4) is 0 Å². The van der Waals surface area contributed by atoms with Crippen molar-refractivity contribution in [2.45, 2.75) is 46.0 Å². The molecule has 20 heavy (non-hydrogen) atoms. The fourth-order valence-electron chi connectivity index (χ4n) is 2.06. The van der Waals surface area contributed by atoms with Crippen LogP contribution in [-0.2, 0) is 6.42 Å². The largest absolute Gasteiger partial charge is 0.507 e. The molecule has 0 aliphatic rings. The van der Waals surface area contributed by atoms with Crippen LogP contribution in [0.25, 0.3) is 0 Å². The predicted octanol–water partition coefficient (Wildman–Crippen LogP) is 4.28. The standard InChI is InChI=1S/C17H24O3/c1-4-6-7-8-10-20-17-12-16(19)15(13(3)18)11-14(17)9-5-2/h5,11-12,19H,2,4,6-10H2,1,3H3. The maximum Gasteiger partial charge on any atom is 0.163 e. The Labute approximate surface area is 121 Å². The Morgan fingerprint density at radius 2 is 2.10 bits per heavy atom. The maximum atomic E-state index is 11.4. The van der Waals surface area contributed by atoms with Crippen molar-refractivity contribution in [3.63, 3.8) is 0 Å². The highest BCUT2D eigenvalue weighted by atomic mass is 16.5. The summed E-state index contributed by atoms with van der Waals surface area (Å²) in [7, 11) is 0. The van der Waals surface area contributed by atoms with Gasteiger partial charge in [-0.25, -0.2) is 0 Å². The number of ketones is 1. The van der Waals surface area contributed by atoms with Gasteiger partial charge in [-0.3, -0.25) is 4.79 Å². The van der Waals surface area contributed by atoms with Crippen molar-refractivity contribution in [3.05, 3.63) is 35.9 Å². The van der Waals surface area contributed by atoms with E-state index in [1.165, 1.54) is 25.8 Å². The Morgan fingerprint density at radius 1 is 1.35 bits per heavy atom. The number of benzene rings is 1. The van der Waals surface area contributed by atoms with E-state index in [-0.39, 0.29) is 11.5 Å². The van der Waals surface area contributed by atoms with Crippen LogP contribution in [0.5, 0.6) is 11.5 Å². The molecule has 0 radical (unpaired) electrons. The summed E-state index contributed by atoms with van der Waals surface area (Å²) in [5, 5.41) is 9.87. The first-order valence-corrected chi connectivity index (χ1v) is 7.20. The van der Waals surface area contributed by atoms with E-state index in [1.807, 2.05) is 0 Å². The Bertz CT molecular complexity index is 464. The average Bonchev–Trinajstić information content (AvgIpc) is 2.41. The Hall–Kier alpha value is -1.77. The summed E-state index contributed by atoms with van der Waals surface area (Å²) in [6, 6.07) is 3.23.